The van der Waals surface area contributed by atoms with Gasteiger partial charge in [0.25, 0.3) is 11.8 Å². The number of nitrogens with zero attached hydrogens (tertiary/aromatic N) is 3. The first-order valence-corrected chi connectivity index (χ1v) is 13.3. The average molecular weight is 604 g/mol. The number of hydrogen-bond acceptors (Lipinski definition) is 7. The number of nitrogens with two attached hydrogens (primary N) is 1. The highest BCUT2D eigenvalue weighted by Gasteiger charge is 2.35. The first-order valence-electron chi connectivity index (χ1n) is 12.1. The van der Waals surface area contributed by atoms with Gasteiger partial charge in [-0.25, -0.2) is 4.98 Å². The maximum absolute atomic E-state index is 13.8. The highest BCUT2D eigenvalue weighted by molar-refractivity contribution is 7.21. The number of alkyl halides is 3. The molecule has 0 aliphatic heterocycles. The predicted octanol–water partition coefficient (Wildman–Crippen LogP) is 6.68. The fraction of sp³-hybridized carbons (Fsp3) is 0.185. The molecule has 3 N–H and O–H groups in total. The molecule has 0 aliphatic rings. The van der Waals surface area contributed by atoms with Crippen LogP contribution in [-0.4, -0.2) is 26.6 Å². The summed E-state index contributed by atoms with van der Waals surface area (Å²) < 4.78 is 54.2. The van der Waals surface area contributed by atoms with Crippen LogP contribution in [0.4, 0.5) is 18.9 Å². The van der Waals surface area contributed by atoms with E-state index in [1.165, 1.54) is 12.1 Å². The van der Waals surface area contributed by atoms with Crippen LogP contribution in [0.15, 0.2) is 53.1 Å². The SMILES string of the molecule is CCn1cc(-c2cc(C(F)(F)F)nc3sc(C(N)=O)c(NC(=O)c4ccc(COc5ccc(Cl)cc5)o4)c23)c(C)n1. The van der Waals surface area contributed by atoms with Gasteiger partial charge in [-0.1, -0.05) is 11.6 Å². The van der Waals surface area contributed by atoms with E-state index in [0.717, 1.165) is 6.07 Å². The van der Waals surface area contributed by atoms with Crippen molar-refractivity contribution in [2.45, 2.75) is 33.2 Å². The highest BCUT2D eigenvalue weighted by atomic mass is 35.5. The molecule has 0 aliphatic carbocycles. The lowest BCUT2D eigenvalue weighted by molar-refractivity contribution is -0.140. The van der Waals surface area contributed by atoms with Gasteiger partial charge in [0.1, 0.15) is 33.5 Å². The molecule has 4 aromatic heterocycles. The smallest absolute Gasteiger partial charge is 0.433 e. The number of primary amides is 1. The number of aryl methyl sites for hydroxylation is 2. The Bertz CT molecular complexity index is 1780. The number of furan rings is 1. The first-order chi connectivity index (χ1) is 19.4. The average Bonchev–Trinajstić information content (AvgIpc) is 3.64. The Hall–Kier alpha value is -4.36. The second-order valence-electron chi connectivity index (χ2n) is 8.85. The molecule has 4 heterocycles. The number of rotatable bonds is 8. The van der Waals surface area contributed by atoms with Crippen molar-refractivity contribution in [3.05, 3.63) is 81.5 Å². The zero-order valence-corrected chi connectivity index (χ0v) is 23.1. The fourth-order valence-electron chi connectivity index (χ4n) is 4.13. The number of hydrogen-bond donors (Lipinski definition) is 2. The predicted molar refractivity (Wildman–Crippen MR) is 147 cm³/mol. The molecule has 0 radical (unpaired) electrons. The number of benzene rings is 1. The number of carbonyl (C=O) groups excluding carboxylic acids is 2. The van der Waals surface area contributed by atoms with Crippen molar-refractivity contribution in [3.8, 4) is 16.9 Å². The monoisotopic (exact) mass is 603 g/mol. The van der Waals surface area contributed by atoms with E-state index in [-0.39, 0.29) is 38.7 Å². The molecular weight excluding hydrogens is 583 g/mol. The lowest BCUT2D eigenvalue weighted by atomic mass is 10.0. The van der Waals surface area contributed by atoms with Crippen LogP contribution >= 0.6 is 22.9 Å². The molecule has 0 saturated heterocycles. The maximum Gasteiger partial charge on any atom is 0.433 e. The second-order valence-corrected chi connectivity index (χ2v) is 10.3. The van der Waals surface area contributed by atoms with Gasteiger partial charge in [-0.2, -0.15) is 18.3 Å². The number of halogens is 4. The van der Waals surface area contributed by atoms with E-state index in [0.29, 0.717) is 45.7 Å². The molecule has 2 amide bonds. The lowest BCUT2D eigenvalue weighted by Crippen LogP contribution is -2.16. The van der Waals surface area contributed by atoms with Crippen LogP contribution in [0, 0.1) is 6.92 Å². The molecule has 14 heteroatoms. The zero-order chi connectivity index (χ0) is 29.5. The molecule has 1 aromatic carbocycles. The first kappa shape index (κ1) is 28.2. The summed E-state index contributed by atoms with van der Waals surface area (Å²) >= 11 is 6.53. The van der Waals surface area contributed by atoms with Crippen molar-refractivity contribution in [2.24, 2.45) is 5.73 Å². The number of carbonyl (C=O) groups is 2. The summed E-state index contributed by atoms with van der Waals surface area (Å²) in [5.74, 6) is -0.953. The third-order valence-electron chi connectivity index (χ3n) is 6.06. The van der Waals surface area contributed by atoms with Crippen LogP contribution in [0.2, 0.25) is 5.02 Å². The second kappa shape index (κ2) is 10.9. The number of anilines is 1. The van der Waals surface area contributed by atoms with Crippen LogP contribution in [0.25, 0.3) is 21.3 Å². The van der Waals surface area contributed by atoms with E-state index in [2.05, 4.69) is 15.4 Å². The number of fused-ring (bicyclic) bond motifs is 1. The maximum atomic E-state index is 13.8. The highest BCUT2D eigenvalue weighted by Crippen LogP contribution is 2.44. The van der Waals surface area contributed by atoms with Gasteiger partial charge in [0, 0.05) is 28.7 Å². The number of amides is 2. The molecule has 0 spiro atoms. The van der Waals surface area contributed by atoms with E-state index >= 15 is 0 Å². The molecule has 0 saturated carbocycles. The molecule has 5 aromatic rings. The van der Waals surface area contributed by atoms with Crippen LogP contribution in [0.5, 0.6) is 5.75 Å². The van der Waals surface area contributed by atoms with Crippen LogP contribution in [-0.2, 0) is 19.3 Å². The summed E-state index contributed by atoms with van der Waals surface area (Å²) in [4.78, 5) is 29.1. The van der Waals surface area contributed by atoms with Gasteiger partial charge in [-0.3, -0.25) is 14.3 Å². The Morgan fingerprint density at radius 2 is 1.90 bits per heavy atom. The van der Waals surface area contributed by atoms with E-state index in [1.54, 1.807) is 42.1 Å². The molecule has 0 fully saturated rings. The van der Waals surface area contributed by atoms with Crippen molar-refractivity contribution in [2.75, 3.05) is 5.32 Å². The minimum absolute atomic E-state index is 0.0117. The summed E-state index contributed by atoms with van der Waals surface area (Å²) in [6.45, 7) is 3.97. The molecule has 0 atom stereocenters. The fourth-order valence-corrected chi connectivity index (χ4v) is 5.26. The largest absolute Gasteiger partial charge is 0.486 e. The van der Waals surface area contributed by atoms with Gasteiger partial charge >= 0.3 is 6.18 Å². The van der Waals surface area contributed by atoms with Crippen LogP contribution < -0.4 is 15.8 Å². The normalized spacial score (nSPS) is 11.7. The Morgan fingerprint density at radius 3 is 2.54 bits per heavy atom. The van der Waals surface area contributed by atoms with Crippen molar-refractivity contribution < 1.29 is 31.9 Å². The van der Waals surface area contributed by atoms with Gasteiger partial charge in [0.2, 0.25) is 0 Å². The quantitative estimate of drug-likeness (QED) is 0.204. The van der Waals surface area contributed by atoms with E-state index in [1.807, 2.05) is 6.92 Å². The molecule has 212 valence electrons. The summed E-state index contributed by atoms with van der Waals surface area (Å²) in [5, 5.41) is 7.62. The van der Waals surface area contributed by atoms with Crippen LogP contribution in [0.1, 0.15) is 44.3 Å². The molecule has 9 nitrogen and oxygen atoms in total. The summed E-state index contributed by atoms with van der Waals surface area (Å²) in [7, 11) is 0. The molecular formula is C27H21ClF3N5O4S. The van der Waals surface area contributed by atoms with E-state index in [9.17, 15) is 22.8 Å². The third kappa shape index (κ3) is 5.77. The van der Waals surface area contributed by atoms with Gasteiger partial charge in [-0.15, -0.1) is 11.3 Å². The summed E-state index contributed by atoms with van der Waals surface area (Å²) in [6.07, 6.45) is -3.17. The van der Waals surface area contributed by atoms with Crippen LogP contribution in [0.3, 0.4) is 0 Å². The van der Waals surface area contributed by atoms with Gasteiger partial charge in [-0.05, 0) is 61.9 Å². The molecule has 0 unspecified atom stereocenters. The topological polar surface area (TPSA) is 125 Å². The van der Waals surface area contributed by atoms with Crippen molar-refractivity contribution in [1.29, 1.82) is 0 Å². The molecule has 0 bridgehead atoms. The number of aromatic nitrogens is 3. The Balaban J connectivity index is 1.54. The van der Waals surface area contributed by atoms with E-state index < -0.39 is 23.7 Å². The molecule has 5 rings (SSSR count). The summed E-state index contributed by atoms with van der Waals surface area (Å²) in [6, 6.07) is 10.5. The van der Waals surface area contributed by atoms with Gasteiger partial charge < -0.3 is 20.2 Å². The standard InChI is InChI=1S/C27H21ClF3N5O4S/c1-3-36-11-18(13(2)35-36)17-10-20(27(29,30)31)33-26-21(17)22(23(41-26)24(32)37)34-25(38)19-9-8-16(40-19)12-39-15-6-4-14(28)5-7-15/h4-11H,3,12H2,1-2H3,(H2,32,37)(H,34,38). The van der Waals surface area contributed by atoms with E-state index in [4.69, 9.17) is 26.5 Å². The van der Waals surface area contributed by atoms with Gasteiger partial charge in [0.05, 0.1) is 11.4 Å². The number of nitrogens with one attached hydrogen (secondary N) is 1. The summed E-state index contributed by atoms with van der Waals surface area (Å²) in [5.41, 5.74) is 5.27. The van der Waals surface area contributed by atoms with Crippen molar-refractivity contribution in [3.63, 3.8) is 0 Å². The number of pyridine rings is 1. The Labute approximate surface area is 239 Å². The zero-order valence-electron chi connectivity index (χ0n) is 21.5. The Kier molecular flexibility index (Phi) is 7.49. The van der Waals surface area contributed by atoms with Crippen molar-refractivity contribution >= 4 is 50.7 Å². The third-order valence-corrected chi connectivity index (χ3v) is 7.41. The number of ether oxygens (including phenoxy) is 1. The van der Waals surface area contributed by atoms with Gasteiger partial charge in [0.15, 0.2) is 5.76 Å². The lowest BCUT2D eigenvalue weighted by Gasteiger charge is -2.11. The minimum Gasteiger partial charge on any atom is -0.486 e. The molecule has 41 heavy (non-hydrogen) atoms. The minimum atomic E-state index is -4.77. The van der Waals surface area contributed by atoms with Crippen molar-refractivity contribution in [1.82, 2.24) is 14.8 Å². The number of thiophene rings is 1. The Morgan fingerprint density at radius 1 is 1.17 bits per heavy atom.